The van der Waals surface area contributed by atoms with Crippen molar-refractivity contribution < 1.29 is 4.74 Å². The van der Waals surface area contributed by atoms with Crippen molar-refractivity contribution in [2.24, 2.45) is 10.9 Å². The molecule has 0 bridgehead atoms. The van der Waals surface area contributed by atoms with Crippen LogP contribution in [0.25, 0.3) is 0 Å². The van der Waals surface area contributed by atoms with E-state index in [1.54, 1.807) is 7.05 Å². The van der Waals surface area contributed by atoms with E-state index in [0.29, 0.717) is 12.5 Å². The normalized spacial score (nSPS) is 11.5. The third kappa shape index (κ3) is 6.70. The van der Waals surface area contributed by atoms with Crippen LogP contribution in [0, 0.1) is 12.8 Å². The number of hydrogen-bond donors (Lipinski definition) is 2. The van der Waals surface area contributed by atoms with Gasteiger partial charge in [-0.3, -0.25) is 4.99 Å². The lowest BCUT2D eigenvalue weighted by Gasteiger charge is -2.13. The minimum Gasteiger partial charge on any atom is -0.492 e. The van der Waals surface area contributed by atoms with Gasteiger partial charge in [-0.15, -0.1) is 0 Å². The molecule has 0 aliphatic rings. The van der Waals surface area contributed by atoms with Crippen molar-refractivity contribution in [1.29, 1.82) is 0 Å². The number of guanidine groups is 1. The largest absolute Gasteiger partial charge is 0.492 e. The van der Waals surface area contributed by atoms with Gasteiger partial charge in [-0.05, 0) is 25.0 Å². The minimum absolute atomic E-state index is 0.599. The molecular weight excluding hydrogens is 238 g/mol. The first-order valence-corrected chi connectivity index (χ1v) is 6.76. The van der Waals surface area contributed by atoms with Gasteiger partial charge in [0.05, 0.1) is 6.54 Å². The molecule has 2 N–H and O–H groups in total. The predicted octanol–water partition coefficient (Wildman–Crippen LogP) is 2.19. The number of aliphatic imine (C=N–C) groups is 1. The fourth-order valence-electron chi connectivity index (χ4n) is 1.49. The van der Waals surface area contributed by atoms with Gasteiger partial charge < -0.3 is 15.4 Å². The summed E-state index contributed by atoms with van der Waals surface area (Å²) in [5.41, 5.74) is 1.24. The maximum Gasteiger partial charge on any atom is 0.191 e. The topological polar surface area (TPSA) is 45.7 Å². The number of nitrogens with one attached hydrogen (secondary N) is 2. The van der Waals surface area contributed by atoms with Crippen LogP contribution in [0.1, 0.15) is 19.4 Å². The maximum absolute atomic E-state index is 5.64. The van der Waals surface area contributed by atoms with E-state index in [9.17, 15) is 0 Å². The Hall–Kier alpha value is -1.71. The Kier molecular flexibility index (Phi) is 6.79. The molecule has 0 spiro atoms. The van der Waals surface area contributed by atoms with Crippen LogP contribution in [-0.2, 0) is 0 Å². The second-order valence-electron chi connectivity index (χ2n) is 4.94. The minimum atomic E-state index is 0.599. The summed E-state index contributed by atoms with van der Waals surface area (Å²) >= 11 is 0. The van der Waals surface area contributed by atoms with Crippen molar-refractivity contribution in [1.82, 2.24) is 10.6 Å². The molecule has 1 aromatic carbocycles. The summed E-state index contributed by atoms with van der Waals surface area (Å²) < 4.78 is 5.64. The van der Waals surface area contributed by atoms with Gasteiger partial charge in [-0.2, -0.15) is 0 Å². The van der Waals surface area contributed by atoms with Crippen LogP contribution in [0.15, 0.2) is 29.3 Å². The molecule has 0 atom stereocenters. The van der Waals surface area contributed by atoms with E-state index >= 15 is 0 Å². The molecule has 0 saturated heterocycles. The Bertz CT molecular complexity index is 385. The summed E-state index contributed by atoms with van der Waals surface area (Å²) in [5.74, 6) is 2.32. The van der Waals surface area contributed by atoms with Gasteiger partial charge in [0.2, 0.25) is 0 Å². The number of hydrogen-bond acceptors (Lipinski definition) is 2. The summed E-state index contributed by atoms with van der Waals surface area (Å²) in [7, 11) is 1.77. The van der Waals surface area contributed by atoms with E-state index in [1.807, 2.05) is 24.3 Å². The molecule has 0 heterocycles. The van der Waals surface area contributed by atoms with Gasteiger partial charge in [0, 0.05) is 13.6 Å². The summed E-state index contributed by atoms with van der Waals surface area (Å²) in [6.45, 7) is 8.66. The molecular formula is C15H25N3O. The molecule has 0 unspecified atom stereocenters. The number of nitrogens with zero attached hydrogens (tertiary/aromatic N) is 1. The summed E-state index contributed by atoms with van der Waals surface area (Å²) in [6, 6.07) is 8.07. The molecule has 1 aromatic rings. The Morgan fingerprint density at radius 1 is 1.21 bits per heavy atom. The molecule has 4 nitrogen and oxygen atoms in total. The average Bonchev–Trinajstić information content (AvgIpc) is 2.40. The third-order valence-corrected chi connectivity index (χ3v) is 2.59. The number of rotatable bonds is 6. The third-order valence-electron chi connectivity index (χ3n) is 2.59. The fraction of sp³-hybridized carbons (Fsp3) is 0.533. The smallest absolute Gasteiger partial charge is 0.191 e. The molecule has 0 aliphatic carbocycles. The highest BCUT2D eigenvalue weighted by Crippen LogP contribution is 2.10. The Morgan fingerprint density at radius 3 is 2.47 bits per heavy atom. The molecule has 19 heavy (non-hydrogen) atoms. The van der Waals surface area contributed by atoms with E-state index in [0.717, 1.165) is 24.8 Å². The van der Waals surface area contributed by atoms with Gasteiger partial charge in [0.25, 0.3) is 0 Å². The predicted molar refractivity (Wildman–Crippen MR) is 80.9 cm³/mol. The zero-order valence-electron chi connectivity index (χ0n) is 12.4. The van der Waals surface area contributed by atoms with Crippen molar-refractivity contribution in [2.45, 2.75) is 20.8 Å². The van der Waals surface area contributed by atoms with Crippen LogP contribution in [0.3, 0.4) is 0 Å². The van der Waals surface area contributed by atoms with Crippen molar-refractivity contribution in [3.63, 3.8) is 0 Å². The molecule has 0 radical (unpaired) electrons. The Labute approximate surface area is 116 Å². The van der Waals surface area contributed by atoms with Gasteiger partial charge in [-0.1, -0.05) is 31.5 Å². The summed E-state index contributed by atoms with van der Waals surface area (Å²) in [4.78, 5) is 4.16. The van der Waals surface area contributed by atoms with Crippen molar-refractivity contribution in [3.8, 4) is 5.75 Å². The highest BCUT2D eigenvalue weighted by molar-refractivity contribution is 5.79. The number of ether oxygens (including phenoxy) is 1. The number of aryl methyl sites for hydroxylation is 1. The zero-order chi connectivity index (χ0) is 14.1. The first kappa shape index (κ1) is 15.3. The second-order valence-corrected chi connectivity index (χ2v) is 4.94. The lowest BCUT2D eigenvalue weighted by Crippen LogP contribution is -2.40. The monoisotopic (exact) mass is 263 g/mol. The van der Waals surface area contributed by atoms with Crippen LogP contribution in [0.4, 0.5) is 0 Å². The molecule has 0 amide bonds. The van der Waals surface area contributed by atoms with E-state index < -0.39 is 0 Å². The summed E-state index contributed by atoms with van der Waals surface area (Å²) in [5, 5.41) is 6.48. The van der Waals surface area contributed by atoms with Crippen LogP contribution in [0.2, 0.25) is 0 Å². The van der Waals surface area contributed by atoms with E-state index in [-0.39, 0.29) is 0 Å². The number of benzene rings is 1. The van der Waals surface area contributed by atoms with E-state index in [4.69, 9.17) is 4.74 Å². The first-order valence-electron chi connectivity index (χ1n) is 6.76. The molecule has 0 saturated carbocycles. The van der Waals surface area contributed by atoms with Gasteiger partial charge in [0.1, 0.15) is 12.4 Å². The van der Waals surface area contributed by atoms with Crippen molar-refractivity contribution >= 4 is 5.96 Å². The molecule has 0 aliphatic heterocycles. The van der Waals surface area contributed by atoms with Crippen molar-refractivity contribution in [2.75, 3.05) is 26.7 Å². The van der Waals surface area contributed by atoms with Crippen LogP contribution >= 0.6 is 0 Å². The van der Waals surface area contributed by atoms with Crippen molar-refractivity contribution in [3.05, 3.63) is 29.8 Å². The Morgan fingerprint density at radius 2 is 1.89 bits per heavy atom. The quantitative estimate of drug-likeness (QED) is 0.470. The fourth-order valence-corrected chi connectivity index (χ4v) is 1.49. The molecule has 0 aromatic heterocycles. The van der Waals surface area contributed by atoms with Crippen LogP contribution in [-0.4, -0.2) is 32.7 Å². The highest BCUT2D eigenvalue weighted by atomic mass is 16.5. The molecule has 1 rings (SSSR count). The van der Waals surface area contributed by atoms with E-state index in [2.05, 4.69) is 36.4 Å². The standard InChI is InChI=1S/C15H25N3O/c1-12(2)11-18-15(16-4)17-9-10-19-14-7-5-13(3)6-8-14/h5-8,12H,9-11H2,1-4H3,(H2,16,17,18). The molecule has 4 heteroatoms. The second kappa shape index (κ2) is 8.40. The van der Waals surface area contributed by atoms with Crippen LogP contribution < -0.4 is 15.4 Å². The zero-order valence-corrected chi connectivity index (χ0v) is 12.4. The van der Waals surface area contributed by atoms with Crippen LogP contribution in [0.5, 0.6) is 5.75 Å². The van der Waals surface area contributed by atoms with E-state index in [1.165, 1.54) is 5.56 Å². The van der Waals surface area contributed by atoms with Gasteiger partial charge in [0.15, 0.2) is 5.96 Å². The summed E-state index contributed by atoms with van der Waals surface area (Å²) in [6.07, 6.45) is 0. The first-order chi connectivity index (χ1) is 9.11. The molecule has 0 fully saturated rings. The Balaban J connectivity index is 2.20. The SMILES string of the molecule is CN=C(NCCOc1ccc(C)cc1)NCC(C)C. The lowest BCUT2D eigenvalue weighted by molar-refractivity contribution is 0.322. The average molecular weight is 263 g/mol. The maximum atomic E-state index is 5.64. The molecule has 106 valence electrons. The van der Waals surface area contributed by atoms with Gasteiger partial charge in [-0.25, -0.2) is 0 Å². The highest BCUT2D eigenvalue weighted by Gasteiger charge is 1.99. The van der Waals surface area contributed by atoms with Gasteiger partial charge >= 0.3 is 0 Å². The lowest BCUT2D eigenvalue weighted by atomic mass is 10.2.